The summed E-state index contributed by atoms with van der Waals surface area (Å²) in [7, 11) is 2.96. The van der Waals surface area contributed by atoms with Gasteiger partial charge >= 0.3 is 5.97 Å². The Balaban J connectivity index is 2.73. The first-order valence-electron chi connectivity index (χ1n) is 5.00. The minimum absolute atomic E-state index is 0.228. The van der Waals surface area contributed by atoms with Crippen molar-refractivity contribution in [2.45, 2.75) is 6.92 Å². The summed E-state index contributed by atoms with van der Waals surface area (Å²) in [5.74, 6) is -0.442. The van der Waals surface area contributed by atoms with Crippen molar-refractivity contribution in [1.82, 2.24) is 9.97 Å². The number of rotatable bonds is 6. The highest BCUT2D eigenvalue weighted by Crippen LogP contribution is 2.17. The summed E-state index contributed by atoms with van der Waals surface area (Å²) in [6.45, 7) is 1.82. The van der Waals surface area contributed by atoms with Crippen molar-refractivity contribution >= 4 is 11.9 Å². The molecule has 0 fully saturated rings. The third kappa shape index (κ3) is 3.78. The average Bonchev–Trinajstić information content (AvgIpc) is 2.35. The molecule has 0 aliphatic rings. The predicted octanol–water partition coefficient (Wildman–Crippen LogP) is 0.626. The molecule has 2 N–H and O–H groups in total. The zero-order valence-electron chi connectivity index (χ0n) is 9.93. The van der Waals surface area contributed by atoms with Crippen LogP contribution < -0.4 is 14.8 Å². The number of carboxylic acids is 1. The number of nitrogens with one attached hydrogen (secondary N) is 1. The van der Waals surface area contributed by atoms with Crippen LogP contribution in [0.4, 0.5) is 5.95 Å². The first kappa shape index (κ1) is 13.0. The van der Waals surface area contributed by atoms with E-state index in [9.17, 15) is 4.79 Å². The van der Waals surface area contributed by atoms with Crippen LogP contribution in [-0.4, -0.2) is 41.8 Å². The number of methoxy groups -OCH3 is 2. The SMILES string of the molecule is COc1cc(OC)nc(NCC(C)C(=O)O)n1. The Hall–Kier alpha value is -2.05. The summed E-state index contributed by atoms with van der Waals surface area (Å²) in [6.07, 6.45) is 0. The lowest BCUT2D eigenvalue weighted by Gasteiger charge is -2.10. The highest BCUT2D eigenvalue weighted by Gasteiger charge is 2.12. The molecule has 0 spiro atoms. The third-order valence-electron chi connectivity index (χ3n) is 2.09. The largest absolute Gasteiger partial charge is 0.481 e. The van der Waals surface area contributed by atoms with Gasteiger partial charge in [-0.15, -0.1) is 0 Å². The lowest BCUT2D eigenvalue weighted by molar-refractivity contribution is -0.140. The van der Waals surface area contributed by atoms with Crippen molar-refractivity contribution < 1.29 is 19.4 Å². The van der Waals surface area contributed by atoms with Crippen molar-refractivity contribution in [3.05, 3.63) is 6.07 Å². The summed E-state index contributed by atoms with van der Waals surface area (Å²) in [4.78, 5) is 18.7. The number of hydrogen-bond donors (Lipinski definition) is 2. The topological polar surface area (TPSA) is 93.6 Å². The van der Waals surface area contributed by atoms with E-state index in [4.69, 9.17) is 14.6 Å². The van der Waals surface area contributed by atoms with Gasteiger partial charge in [-0.1, -0.05) is 6.92 Å². The van der Waals surface area contributed by atoms with Crippen LogP contribution in [0.5, 0.6) is 11.8 Å². The predicted molar refractivity (Wildman–Crippen MR) is 60.4 cm³/mol. The molecule has 94 valence electrons. The van der Waals surface area contributed by atoms with Gasteiger partial charge in [0.1, 0.15) is 0 Å². The van der Waals surface area contributed by atoms with Crippen LogP contribution in [0.15, 0.2) is 6.07 Å². The summed E-state index contributed by atoms with van der Waals surface area (Å²) in [5, 5.41) is 11.5. The molecule has 0 saturated carbocycles. The maximum Gasteiger partial charge on any atom is 0.308 e. The highest BCUT2D eigenvalue weighted by molar-refractivity contribution is 5.70. The van der Waals surface area contributed by atoms with Crippen LogP contribution in [0, 0.1) is 5.92 Å². The van der Waals surface area contributed by atoms with E-state index in [1.54, 1.807) is 6.92 Å². The van der Waals surface area contributed by atoms with Gasteiger partial charge in [-0.25, -0.2) is 0 Å². The molecule has 0 radical (unpaired) electrons. The number of nitrogens with zero attached hydrogens (tertiary/aromatic N) is 2. The molecule has 7 heteroatoms. The number of aliphatic carboxylic acids is 1. The Labute approximate surface area is 98.8 Å². The first-order chi connectivity index (χ1) is 8.06. The van der Waals surface area contributed by atoms with Gasteiger partial charge in [0.15, 0.2) is 0 Å². The molecular formula is C10H15N3O4. The van der Waals surface area contributed by atoms with E-state index in [1.165, 1.54) is 20.3 Å². The van der Waals surface area contributed by atoms with Crippen molar-refractivity contribution in [1.29, 1.82) is 0 Å². The summed E-state index contributed by atoms with van der Waals surface area (Å²) < 4.78 is 9.93. The zero-order valence-corrected chi connectivity index (χ0v) is 9.93. The van der Waals surface area contributed by atoms with Gasteiger partial charge in [0.25, 0.3) is 0 Å². The fraction of sp³-hybridized carbons (Fsp3) is 0.500. The molecule has 0 aromatic carbocycles. The smallest absolute Gasteiger partial charge is 0.308 e. The second kappa shape index (κ2) is 5.88. The first-order valence-corrected chi connectivity index (χ1v) is 5.00. The molecule has 1 atom stereocenters. The van der Waals surface area contributed by atoms with Crippen LogP contribution >= 0.6 is 0 Å². The van der Waals surface area contributed by atoms with E-state index in [-0.39, 0.29) is 12.5 Å². The molecule has 1 aromatic rings. The maximum absolute atomic E-state index is 10.6. The second-order valence-electron chi connectivity index (χ2n) is 3.40. The van der Waals surface area contributed by atoms with E-state index in [0.717, 1.165) is 0 Å². The van der Waals surface area contributed by atoms with Crippen LogP contribution in [0.25, 0.3) is 0 Å². The van der Waals surface area contributed by atoms with Crippen LogP contribution in [-0.2, 0) is 4.79 Å². The third-order valence-corrected chi connectivity index (χ3v) is 2.09. The van der Waals surface area contributed by atoms with Gasteiger partial charge in [-0.3, -0.25) is 4.79 Å². The average molecular weight is 241 g/mol. The van der Waals surface area contributed by atoms with E-state index in [1.807, 2.05) is 0 Å². The van der Waals surface area contributed by atoms with Gasteiger partial charge in [0.05, 0.1) is 26.2 Å². The number of carbonyl (C=O) groups is 1. The number of hydrogen-bond acceptors (Lipinski definition) is 6. The molecule has 0 aliphatic heterocycles. The minimum atomic E-state index is -0.882. The van der Waals surface area contributed by atoms with Crippen LogP contribution in [0.1, 0.15) is 6.92 Å². The second-order valence-corrected chi connectivity index (χ2v) is 3.40. The summed E-state index contributed by atoms with van der Waals surface area (Å²) in [6, 6.07) is 1.53. The van der Waals surface area contributed by atoms with E-state index < -0.39 is 11.9 Å². The van der Waals surface area contributed by atoms with Gasteiger partial charge < -0.3 is 19.9 Å². The van der Waals surface area contributed by atoms with Gasteiger partial charge in [0, 0.05) is 6.54 Å². The Kier molecular flexibility index (Phi) is 4.50. The summed E-state index contributed by atoms with van der Waals surface area (Å²) in [5.41, 5.74) is 0. The Morgan fingerprint density at radius 2 is 1.94 bits per heavy atom. The monoisotopic (exact) mass is 241 g/mol. The molecule has 7 nitrogen and oxygen atoms in total. The molecule has 0 bridgehead atoms. The number of anilines is 1. The normalized spacial score (nSPS) is 11.7. The van der Waals surface area contributed by atoms with Crippen LogP contribution in [0.3, 0.4) is 0 Å². The van der Waals surface area contributed by atoms with Crippen molar-refractivity contribution in [2.75, 3.05) is 26.1 Å². The molecule has 17 heavy (non-hydrogen) atoms. The number of carboxylic acid groups (broad SMARTS) is 1. The van der Waals surface area contributed by atoms with Crippen molar-refractivity contribution in [3.63, 3.8) is 0 Å². The molecule has 0 amide bonds. The Morgan fingerprint density at radius 3 is 2.35 bits per heavy atom. The lowest BCUT2D eigenvalue weighted by Crippen LogP contribution is -2.20. The van der Waals surface area contributed by atoms with Crippen LogP contribution in [0.2, 0.25) is 0 Å². The van der Waals surface area contributed by atoms with E-state index >= 15 is 0 Å². The van der Waals surface area contributed by atoms with Crippen molar-refractivity contribution in [2.24, 2.45) is 5.92 Å². The Morgan fingerprint density at radius 1 is 1.41 bits per heavy atom. The van der Waals surface area contributed by atoms with Gasteiger partial charge in [-0.2, -0.15) is 9.97 Å². The molecule has 1 unspecified atom stereocenters. The highest BCUT2D eigenvalue weighted by atomic mass is 16.5. The molecular weight excluding hydrogens is 226 g/mol. The molecule has 1 aromatic heterocycles. The molecule has 0 saturated heterocycles. The van der Waals surface area contributed by atoms with Gasteiger partial charge in [-0.05, 0) is 0 Å². The maximum atomic E-state index is 10.6. The number of aromatic nitrogens is 2. The van der Waals surface area contributed by atoms with E-state index in [2.05, 4.69) is 15.3 Å². The number of ether oxygens (including phenoxy) is 2. The standard InChI is InChI=1S/C10H15N3O4/c1-6(9(14)15)5-11-10-12-7(16-2)4-8(13-10)17-3/h4,6H,5H2,1-3H3,(H,14,15)(H,11,12,13). The fourth-order valence-corrected chi connectivity index (χ4v) is 1.02. The van der Waals surface area contributed by atoms with Crippen molar-refractivity contribution in [3.8, 4) is 11.8 Å². The minimum Gasteiger partial charge on any atom is -0.481 e. The lowest BCUT2D eigenvalue weighted by atomic mass is 10.2. The zero-order chi connectivity index (χ0) is 12.8. The molecule has 0 aliphatic carbocycles. The molecule has 1 heterocycles. The summed E-state index contributed by atoms with van der Waals surface area (Å²) >= 11 is 0. The fourth-order valence-electron chi connectivity index (χ4n) is 1.02. The Bertz CT molecular complexity index is 375. The quantitative estimate of drug-likeness (QED) is 0.754. The van der Waals surface area contributed by atoms with Gasteiger partial charge in [0.2, 0.25) is 17.7 Å². The molecule has 1 rings (SSSR count). The van der Waals surface area contributed by atoms with E-state index in [0.29, 0.717) is 11.8 Å².